The van der Waals surface area contributed by atoms with Crippen LogP contribution in [0.3, 0.4) is 0 Å². The third-order valence-electron chi connectivity index (χ3n) is 10.1. The fraction of sp³-hybridized carbons (Fsp3) is 0.906. The molecule has 324 valence electrons. The van der Waals surface area contributed by atoms with Crippen molar-refractivity contribution in [2.45, 2.75) is 156 Å². The molecule has 14 N–H and O–H groups in total. The fourth-order valence-electron chi connectivity index (χ4n) is 7.14. The normalized spacial score (nSPS) is 44.4. The number of carbonyl (C=O) groups excluding carboxylic acids is 2. The van der Waals surface area contributed by atoms with Gasteiger partial charge in [0.2, 0.25) is 11.8 Å². The maximum Gasteiger partial charge on any atom is 0.364 e. The molecule has 4 aliphatic heterocycles. The second-order valence-electron chi connectivity index (χ2n) is 14.3. The highest BCUT2D eigenvalue weighted by molar-refractivity contribution is 5.76. The van der Waals surface area contributed by atoms with E-state index in [-0.39, 0.29) is 6.61 Å². The highest BCUT2D eigenvalue weighted by atomic mass is 16.8. The van der Waals surface area contributed by atoms with Crippen molar-refractivity contribution in [1.29, 1.82) is 0 Å². The van der Waals surface area contributed by atoms with Gasteiger partial charge in [0, 0.05) is 26.7 Å². The number of carboxylic acids is 1. The zero-order valence-corrected chi connectivity index (χ0v) is 30.7. The van der Waals surface area contributed by atoms with Gasteiger partial charge >= 0.3 is 5.97 Å². The SMILES string of the molecule is CC(=O)N[C@H]1[C@@H]([C@H](O)C[C@H](O)CO)O[C@@](O[C@H]2[C@@H](O)[C@H](CO)O[C@@H](O[C@H]3[C@H](O[C@@H]4O[C@@H](C)[C@H](O)[C@@H](O)[C@@H]4O)[C@@H](NC(C)=O)CO[C@@H]3CO)[C@@H]2O)(C(=O)O)C[C@@H]1O. The van der Waals surface area contributed by atoms with Gasteiger partial charge in [0.05, 0.1) is 62.9 Å². The molecule has 2 amide bonds. The molecule has 24 nitrogen and oxygen atoms in total. The third-order valence-corrected chi connectivity index (χ3v) is 10.1. The van der Waals surface area contributed by atoms with Crippen LogP contribution in [0.15, 0.2) is 0 Å². The second kappa shape index (κ2) is 19.6. The van der Waals surface area contributed by atoms with Crippen LogP contribution in [0, 0.1) is 0 Å². The summed E-state index contributed by atoms with van der Waals surface area (Å²) in [6, 6.07) is -2.64. The highest BCUT2D eigenvalue weighted by Gasteiger charge is 2.60. The van der Waals surface area contributed by atoms with E-state index in [0.29, 0.717) is 0 Å². The van der Waals surface area contributed by atoms with Crippen molar-refractivity contribution in [1.82, 2.24) is 10.6 Å². The van der Waals surface area contributed by atoms with Crippen LogP contribution in [0.4, 0.5) is 0 Å². The average molecular weight is 819 g/mol. The van der Waals surface area contributed by atoms with E-state index >= 15 is 0 Å². The number of rotatable bonds is 15. The number of carboxylic acid groups (broad SMARTS) is 1. The van der Waals surface area contributed by atoms with E-state index in [1.165, 1.54) is 6.92 Å². The summed E-state index contributed by atoms with van der Waals surface area (Å²) in [5.74, 6) is -6.32. The summed E-state index contributed by atoms with van der Waals surface area (Å²) in [5.41, 5.74) is 0. The average Bonchev–Trinajstić information content (AvgIpc) is 3.13. The first-order valence-electron chi connectivity index (χ1n) is 17.9. The molecule has 0 saturated carbocycles. The Labute approximate surface area is 319 Å². The van der Waals surface area contributed by atoms with Crippen LogP contribution in [-0.4, -0.2) is 227 Å². The van der Waals surface area contributed by atoms with Gasteiger partial charge in [-0.15, -0.1) is 0 Å². The lowest BCUT2D eigenvalue weighted by atomic mass is 9.88. The minimum atomic E-state index is -3.03. The molecule has 24 heteroatoms. The summed E-state index contributed by atoms with van der Waals surface area (Å²) in [6.45, 7) is 0.645. The lowest BCUT2D eigenvalue weighted by Crippen LogP contribution is -2.70. The Hall–Kier alpha value is -2.31. The number of aliphatic hydroxyl groups excluding tert-OH is 11. The van der Waals surface area contributed by atoms with E-state index in [1.807, 2.05) is 0 Å². The van der Waals surface area contributed by atoms with Crippen LogP contribution in [0.2, 0.25) is 0 Å². The summed E-state index contributed by atoms with van der Waals surface area (Å²) in [6.07, 6.45) is -31.2. The van der Waals surface area contributed by atoms with E-state index in [4.69, 9.17) is 33.2 Å². The summed E-state index contributed by atoms with van der Waals surface area (Å²) < 4.78 is 40.4. The van der Waals surface area contributed by atoms with Gasteiger partial charge < -0.3 is 105 Å². The number of hydrogen-bond acceptors (Lipinski definition) is 21. The van der Waals surface area contributed by atoms with Gasteiger partial charge in [-0.3, -0.25) is 9.59 Å². The Morgan fingerprint density at radius 2 is 1.39 bits per heavy atom. The van der Waals surface area contributed by atoms with Crippen LogP contribution in [0.5, 0.6) is 0 Å². The molecule has 0 bridgehead atoms. The quantitative estimate of drug-likeness (QED) is 0.0729. The van der Waals surface area contributed by atoms with Gasteiger partial charge in [0.1, 0.15) is 67.1 Å². The van der Waals surface area contributed by atoms with Crippen LogP contribution < -0.4 is 10.6 Å². The van der Waals surface area contributed by atoms with E-state index < -0.39 is 172 Å². The molecule has 4 saturated heterocycles. The number of amides is 2. The Bertz CT molecular complexity index is 1320. The topological polar surface area (TPSA) is 383 Å². The number of carbonyl (C=O) groups is 3. The highest BCUT2D eigenvalue weighted by Crippen LogP contribution is 2.39. The first-order valence-corrected chi connectivity index (χ1v) is 17.9. The molecule has 56 heavy (non-hydrogen) atoms. The zero-order chi connectivity index (χ0) is 41.8. The predicted molar refractivity (Wildman–Crippen MR) is 176 cm³/mol. The van der Waals surface area contributed by atoms with Gasteiger partial charge in [-0.05, 0) is 6.92 Å². The van der Waals surface area contributed by atoms with Crippen molar-refractivity contribution >= 4 is 17.8 Å². The maximum absolute atomic E-state index is 12.9. The Morgan fingerprint density at radius 3 is 1.96 bits per heavy atom. The molecule has 0 aliphatic carbocycles. The molecule has 4 aliphatic rings. The first-order chi connectivity index (χ1) is 26.3. The lowest BCUT2D eigenvalue weighted by molar-refractivity contribution is -0.383. The van der Waals surface area contributed by atoms with Crippen LogP contribution in [-0.2, 0) is 47.5 Å². The molecule has 0 aromatic heterocycles. The molecular formula is C32H54N2O22. The maximum atomic E-state index is 12.9. The number of aliphatic carboxylic acids is 1. The smallest absolute Gasteiger partial charge is 0.364 e. The van der Waals surface area contributed by atoms with Crippen molar-refractivity contribution in [3.05, 3.63) is 0 Å². The molecular weight excluding hydrogens is 764 g/mol. The Kier molecular flexibility index (Phi) is 16.3. The van der Waals surface area contributed by atoms with Crippen molar-refractivity contribution in [2.75, 3.05) is 26.4 Å². The van der Waals surface area contributed by atoms with Gasteiger partial charge in [0.15, 0.2) is 12.6 Å². The summed E-state index contributed by atoms with van der Waals surface area (Å²) >= 11 is 0. The molecule has 20 atom stereocenters. The standard InChI is InChI=1S/C32H54N2O22/c1-10-20(43)22(45)23(46)29(51-10)53-25-14(33-11(2)38)9-50-18(8-37)27(25)54-30-24(47)28(21(44)17(7-36)52-30)56-32(31(48)49)5-16(42)19(34-12(3)39)26(55-32)15(41)4-13(40)6-35/h10,13-30,35-37,40-47H,4-9H2,1-3H3,(H,33,38)(H,34,39)(H,48,49)/t10-,13-,14-,15+,16-,17-,18+,19+,20-,21-,22+,23-,24+,25+,26+,27+,28-,29-,30-,32-/m0/s1. The second-order valence-corrected chi connectivity index (χ2v) is 14.3. The molecule has 4 fully saturated rings. The predicted octanol–water partition coefficient (Wildman–Crippen LogP) is -8.16. The summed E-state index contributed by atoms with van der Waals surface area (Å²) in [7, 11) is 0. The molecule has 0 aromatic rings. The molecule has 0 unspecified atom stereocenters. The van der Waals surface area contributed by atoms with Gasteiger partial charge in [-0.25, -0.2) is 4.79 Å². The van der Waals surface area contributed by atoms with Crippen LogP contribution in [0.1, 0.15) is 33.6 Å². The zero-order valence-electron chi connectivity index (χ0n) is 30.7. The number of aliphatic hydroxyl groups is 11. The molecule has 0 spiro atoms. The van der Waals surface area contributed by atoms with Gasteiger partial charge in [-0.1, -0.05) is 0 Å². The van der Waals surface area contributed by atoms with E-state index in [1.54, 1.807) is 0 Å². The summed E-state index contributed by atoms with van der Waals surface area (Å²) in [5, 5.41) is 131. The van der Waals surface area contributed by atoms with Gasteiger partial charge in [0.25, 0.3) is 5.79 Å². The Morgan fingerprint density at radius 1 is 0.786 bits per heavy atom. The van der Waals surface area contributed by atoms with Crippen molar-refractivity contribution < 1.29 is 109 Å². The van der Waals surface area contributed by atoms with Crippen LogP contribution in [0.25, 0.3) is 0 Å². The molecule has 4 rings (SSSR count). The summed E-state index contributed by atoms with van der Waals surface area (Å²) in [4.78, 5) is 37.1. The number of hydrogen-bond donors (Lipinski definition) is 14. The van der Waals surface area contributed by atoms with Crippen molar-refractivity contribution in [2.24, 2.45) is 0 Å². The minimum Gasteiger partial charge on any atom is -0.477 e. The Balaban J connectivity index is 1.68. The van der Waals surface area contributed by atoms with E-state index in [0.717, 1.165) is 13.8 Å². The van der Waals surface area contributed by atoms with Crippen LogP contribution >= 0.6 is 0 Å². The van der Waals surface area contributed by atoms with E-state index in [9.17, 15) is 75.7 Å². The minimum absolute atomic E-state index is 0.320. The molecule has 4 heterocycles. The lowest BCUT2D eigenvalue weighted by Gasteiger charge is -2.51. The number of ether oxygens (including phenoxy) is 7. The monoisotopic (exact) mass is 818 g/mol. The fourth-order valence-corrected chi connectivity index (χ4v) is 7.14. The van der Waals surface area contributed by atoms with E-state index in [2.05, 4.69) is 10.6 Å². The number of nitrogens with one attached hydrogen (secondary N) is 2. The van der Waals surface area contributed by atoms with Gasteiger partial charge in [-0.2, -0.15) is 0 Å². The third kappa shape index (κ3) is 10.3. The first kappa shape index (κ1) is 46.4. The molecule has 0 radical (unpaired) electrons. The molecule has 0 aromatic carbocycles. The largest absolute Gasteiger partial charge is 0.477 e. The van der Waals surface area contributed by atoms with Crippen molar-refractivity contribution in [3.63, 3.8) is 0 Å². The van der Waals surface area contributed by atoms with Crippen molar-refractivity contribution in [3.8, 4) is 0 Å².